The number of allylic oxidation sites excluding steroid dienone is 3. The molecule has 1 fully saturated rings. The van der Waals surface area contributed by atoms with E-state index < -0.39 is 11.9 Å². The summed E-state index contributed by atoms with van der Waals surface area (Å²) in [5.41, 5.74) is 0.670. The lowest BCUT2D eigenvalue weighted by atomic mass is 9.96. The molecule has 0 spiro atoms. The fourth-order valence-electron chi connectivity index (χ4n) is 1.71. The zero-order valence-electron chi connectivity index (χ0n) is 9.06. The van der Waals surface area contributed by atoms with Gasteiger partial charge in [-0.05, 0) is 18.6 Å². The molecule has 0 bridgehead atoms. The van der Waals surface area contributed by atoms with E-state index in [-0.39, 0.29) is 12.3 Å². The highest BCUT2D eigenvalue weighted by molar-refractivity contribution is 5.85. The van der Waals surface area contributed by atoms with Crippen LogP contribution in [0.2, 0.25) is 0 Å². The van der Waals surface area contributed by atoms with Crippen LogP contribution in [0.1, 0.15) is 12.8 Å². The molecule has 16 heavy (non-hydrogen) atoms. The second kappa shape index (κ2) is 5.30. The molecule has 1 unspecified atom stereocenters. The van der Waals surface area contributed by atoms with Crippen molar-refractivity contribution in [2.75, 3.05) is 6.54 Å². The van der Waals surface area contributed by atoms with Gasteiger partial charge in [0.1, 0.15) is 0 Å². The highest BCUT2D eigenvalue weighted by atomic mass is 16.4. The zero-order valence-corrected chi connectivity index (χ0v) is 9.06. The second-order valence-electron chi connectivity index (χ2n) is 3.60. The molecule has 0 radical (unpaired) electrons. The van der Waals surface area contributed by atoms with E-state index in [2.05, 4.69) is 13.2 Å². The molecule has 1 atom stereocenters. The van der Waals surface area contributed by atoms with Crippen LogP contribution in [0, 0.1) is 5.92 Å². The van der Waals surface area contributed by atoms with Crippen molar-refractivity contribution >= 4 is 11.9 Å². The fourth-order valence-corrected chi connectivity index (χ4v) is 1.71. The Morgan fingerprint density at radius 3 is 2.62 bits per heavy atom. The Kier molecular flexibility index (Phi) is 4.05. The predicted octanol–water partition coefficient (Wildman–Crippen LogP) is 1.57. The number of carboxylic acids is 1. The minimum atomic E-state index is -0.902. The van der Waals surface area contributed by atoms with Gasteiger partial charge in [0.25, 0.3) is 0 Å². The Morgan fingerprint density at radius 1 is 1.50 bits per heavy atom. The maximum Gasteiger partial charge on any atom is 0.307 e. The topological polar surface area (TPSA) is 57.6 Å². The normalized spacial score (nSPS) is 21.8. The number of hydrogen-bond acceptors (Lipinski definition) is 2. The summed E-state index contributed by atoms with van der Waals surface area (Å²) < 4.78 is 0. The largest absolute Gasteiger partial charge is 0.481 e. The Labute approximate surface area is 94.6 Å². The van der Waals surface area contributed by atoms with Gasteiger partial charge in [-0.25, -0.2) is 0 Å². The highest BCUT2D eigenvalue weighted by Crippen LogP contribution is 2.22. The number of aliphatic carboxylic acids is 1. The van der Waals surface area contributed by atoms with Crippen molar-refractivity contribution in [2.24, 2.45) is 5.92 Å². The van der Waals surface area contributed by atoms with Crippen molar-refractivity contribution in [3.05, 3.63) is 37.1 Å². The quantitative estimate of drug-likeness (QED) is 0.733. The molecule has 1 saturated heterocycles. The van der Waals surface area contributed by atoms with Crippen molar-refractivity contribution in [2.45, 2.75) is 12.8 Å². The molecule has 4 heteroatoms. The minimum Gasteiger partial charge on any atom is -0.481 e. The molecule has 0 aromatic heterocycles. The molecule has 0 aromatic carbocycles. The van der Waals surface area contributed by atoms with E-state index in [1.807, 2.05) is 0 Å². The monoisotopic (exact) mass is 221 g/mol. The zero-order chi connectivity index (χ0) is 12.1. The van der Waals surface area contributed by atoms with Gasteiger partial charge in [-0.1, -0.05) is 19.2 Å². The van der Waals surface area contributed by atoms with E-state index >= 15 is 0 Å². The lowest BCUT2D eigenvalue weighted by Gasteiger charge is -2.30. The number of hydrogen-bond donors (Lipinski definition) is 1. The second-order valence-corrected chi connectivity index (χ2v) is 3.60. The summed E-state index contributed by atoms with van der Waals surface area (Å²) in [6.07, 6.45) is 5.36. The Hall–Kier alpha value is -1.84. The number of carboxylic acid groups (broad SMARTS) is 1. The van der Waals surface area contributed by atoms with Gasteiger partial charge in [-0.15, -0.1) is 0 Å². The molecule has 1 aliphatic heterocycles. The lowest BCUT2D eigenvalue weighted by molar-refractivity contribution is -0.148. The molecule has 0 aromatic rings. The van der Waals surface area contributed by atoms with Gasteiger partial charge in [0, 0.05) is 18.7 Å². The van der Waals surface area contributed by atoms with Gasteiger partial charge in [-0.2, -0.15) is 0 Å². The first kappa shape index (κ1) is 12.2. The summed E-state index contributed by atoms with van der Waals surface area (Å²) in [5.74, 6) is -1.63. The molecule has 1 aliphatic rings. The summed E-state index contributed by atoms with van der Waals surface area (Å²) in [5, 5.41) is 8.82. The SMILES string of the molecule is C=C/C=C(\C=C)N1CCC(C(=O)O)CC1=O. The molecular weight excluding hydrogens is 206 g/mol. The average Bonchev–Trinajstić information content (AvgIpc) is 2.26. The van der Waals surface area contributed by atoms with E-state index in [0.717, 1.165) is 0 Å². The summed E-state index contributed by atoms with van der Waals surface area (Å²) in [6, 6.07) is 0. The maximum absolute atomic E-state index is 11.7. The van der Waals surface area contributed by atoms with Gasteiger partial charge >= 0.3 is 5.97 Å². The number of rotatable bonds is 4. The first-order chi connectivity index (χ1) is 7.60. The Balaban J connectivity index is 2.77. The Morgan fingerprint density at radius 2 is 2.19 bits per heavy atom. The summed E-state index contributed by atoms with van der Waals surface area (Å²) >= 11 is 0. The van der Waals surface area contributed by atoms with Crippen LogP contribution in [0.4, 0.5) is 0 Å². The van der Waals surface area contributed by atoms with Crippen molar-refractivity contribution in [1.82, 2.24) is 4.90 Å². The fraction of sp³-hybridized carbons (Fsp3) is 0.333. The molecule has 1 N–H and O–H groups in total. The maximum atomic E-state index is 11.7. The molecule has 4 nitrogen and oxygen atoms in total. The first-order valence-corrected chi connectivity index (χ1v) is 5.08. The van der Waals surface area contributed by atoms with Crippen molar-refractivity contribution in [3.8, 4) is 0 Å². The Bertz CT molecular complexity index is 357. The van der Waals surface area contributed by atoms with Crippen molar-refractivity contribution in [3.63, 3.8) is 0 Å². The predicted molar refractivity (Wildman–Crippen MR) is 60.5 cm³/mol. The van der Waals surface area contributed by atoms with Crippen LogP contribution in [0.25, 0.3) is 0 Å². The number of piperidine rings is 1. The first-order valence-electron chi connectivity index (χ1n) is 5.08. The molecule has 0 aliphatic carbocycles. The average molecular weight is 221 g/mol. The lowest BCUT2D eigenvalue weighted by Crippen LogP contribution is -2.39. The third-order valence-electron chi connectivity index (χ3n) is 2.58. The number of nitrogens with zero attached hydrogens (tertiary/aromatic N) is 1. The van der Waals surface area contributed by atoms with Crippen LogP contribution >= 0.6 is 0 Å². The van der Waals surface area contributed by atoms with E-state index in [4.69, 9.17) is 5.11 Å². The third-order valence-corrected chi connectivity index (χ3v) is 2.58. The molecule has 86 valence electrons. The van der Waals surface area contributed by atoms with E-state index in [1.165, 1.54) is 0 Å². The molecule has 0 saturated carbocycles. The van der Waals surface area contributed by atoms with Crippen LogP contribution in [0.5, 0.6) is 0 Å². The molecule has 1 rings (SSSR count). The standard InChI is InChI=1S/C12H15NO3/c1-3-5-10(4-2)13-7-6-9(12(15)16)8-11(13)14/h3-5,9H,1-2,6-8H2,(H,15,16)/b10-5+. The van der Waals surface area contributed by atoms with Crippen LogP contribution in [-0.4, -0.2) is 28.4 Å². The van der Waals surface area contributed by atoms with E-state index in [9.17, 15) is 9.59 Å². The van der Waals surface area contributed by atoms with Crippen LogP contribution in [-0.2, 0) is 9.59 Å². The number of carbonyl (C=O) groups is 2. The smallest absolute Gasteiger partial charge is 0.307 e. The molecule has 1 heterocycles. The van der Waals surface area contributed by atoms with Crippen molar-refractivity contribution < 1.29 is 14.7 Å². The molecule has 1 amide bonds. The van der Waals surface area contributed by atoms with Gasteiger partial charge in [-0.3, -0.25) is 9.59 Å². The third kappa shape index (κ3) is 2.59. The highest BCUT2D eigenvalue weighted by Gasteiger charge is 2.30. The van der Waals surface area contributed by atoms with Gasteiger partial charge < -0.3 is 10.0 Å². The van der Waals surface area contributed by atoms with Gasteiger partial charge in [0.05, 0.1) is 5.92 Å². The van der Waals surface area contributed by atoms with Crippen LogP contribution in [0.15, 0.2) is 37.1 Å². The number of likely N-dealkylation sites (tertiary alicyclic amines) is 1. The van der Waals surface area contributed by atoms with Crippen molar-refractivity contribution in [1.29, 1.82) is 0 Å². The van der Waals surface area contributed by atoms with E-state index in [0.29, 0.717) is 18.7 Å². The van der Waals surface area contributed by atoms with E-state index in [1.54, 1.807) is 23.1 Å². The number of carbonyl (C=O) groups excluding carboxylic acids is 1. The van der Waals surface area contributed by atoms with Gasteiger partial charge in [0.15, 0.2) is 0 Å². The number of amides is 1. The minimum absolute atomic E-state index is 0.0532. The summed E-state index contributed by atoms with van der Waals surface area (Å²) in [4.78, 5) is 24.0. The van der Waals surface area contributed by atoms with Gasteiger partial charge in [0.2, 0.25) is 5.91 Å². The van der Waals surface area contributed by atoms with Crippen LogP contribution < -0.4 is 0 Å². The summed E-state index contributed by atoms with van der Waals surface area (Å²) in [6.45, 7) is 7.59. The molecular formula is C12H15NO3. The summed E-state index contributed by atoms with van der Waals surface area (Å²) in [7, 11) is 0. The van der Waals surface area contributed by atoms with Crippen LogP contribution in [0.3, 0.4) is 0 Å².